The second-order valence-corrected chi connectivity index (χ2v) is 7.37. The third kappa shape index (κ3) is 7.02. The van der Waals surface area contributed by atoms with Crippen LogP contribution in [0, 0.1) is 5.82 Å². The van der Waals surface area contributed by atoms with Gasteiger partial charge in [0.15, 0.2) is 11.6 Å². The van der Waals surface area contributed by atoms with Crippen molar-refractivity contribution < 1.29 is 14.3 Å². The first kappa shape index (κ1) is 24.7. The van der Waals surface area contributed by atoms with Crippen molar-refractivity contribution in [1.29, 1.82) is 0 Å². The molecule has 3 rings (SSSR count). The van der Waals surface area contributed by atoms with Gasteiger partial charge in [0.25, 0.3) is 0 Å². The standard InChI is InChI=1S/C23H29FN8O2/c1-26-8-9-28-20(34)12-15-4-2-7-19(21(15)25)31-23-29-14-18(24)22(32-23)30-17-6-3-5-16(13-17)27-10-11-33/h2-3,5-7,12-14,26-27,33H,4,8-11,25H2,1H3,(H,28,34)(H2,29,30,31,32). The topological polar surface area (TPSA) is 149 Å². The van der Waals surface area contributed by atoms with E-state index < -0.39 is 5.82 Å². The number of hydrogen-bond donors (Lipinski definition) is 7. The molecule has 1 aliphatic carbocycles. The van der Waals surface area contributed by atoms with E-state index in [1.54, 1.807) is 31.3 Å². The third-order valence-electron chi connectivity index (χ3n) is 4.79. The minimum Gasteiger partial charge on any atom is -0.397 e. The lowest BCUT2D eigenvalue weighted by atomic mass is 10.0. The number of aliphatic hydroxyl groups excluding tert-OH is 1. The van der Waals surface area contributed by atoms with Crippen LogP contribution in [0.3, 0.4) is 0 Å². The molecule has 2 aromatic rings. The predicted molar refractivity (Wildman–Crippen MR) is 131 cm³/mol. The molecule has 1 aromatic carbocycles. The molecule has 1 aliphatic rings. The van der Waals surface area contributed by atoms with Gasteiger partial charge in [-0.15, -0.1) is 0 Å². The highest BCUT2D eigenvalue weighted by Crippen LogP contribution is 2.24. The number of rotatable bonds is 11. The Morgan fingerprint density at radius 2 is 2.06 bits per heavy atom. The van der Waals surface area contributed by atoms with Gasteiger partial charge in [0.1, 0.15) is 0 Å². The summed E-state index contributed by atoms with van der Waals surface area (Å²) in [5.41, 5.74) is 9.18. The lowest BCUT2D eigenvalue weighted by Gasteiger charge is -2.17. The second kappa shape index (κ2) is 12.3. The molecule has 0 saturated carbocycles. The quantitative estimate of drug-likeness (QED) is 0.193. The monoisotopic (exact) mass is 468 g/mol. The van der Waals surface area contributed by atoms with Crippen LogP contribution in [0.5, 0.6) is 0 Å². The SMILES string of the molecule is CNCCNC(=O)C=C1CC=CC(Nc2ncc(F)c(Nc3cccc(NCCO)c3)n2)=C1N. The number of nitrogens with two attached hydrogens (primary N) is 1. The van der Waals surface area contributed by atoms with Crippen molar-refractivity contribution in [3.05, 3.63) is 71.5 Å². The molecule has 0 spiro atoms. The molecule has 0 bridgehead atoms. The Labute approximate surface area is 197 Å². The van der Waals surface area contributed by atoms with E-state index in [2.05, 4.69) is 36.6 Å². The maximum absolute atomic E-state index is 14.4. The van der Waals surface area contributed by atoms with E-state index in [0.717, 1.165) is 11.9 Å². The van der Waals surface area contributed by atoms with E-state index in [1.165, 1.54) is 6.08 Å². The van der Waals surface area contributed by atoms with Gasteiger partial charge >= 0.3 is 0 Å². The fourth-order valence-corrected chi connectivity index (χ4v) is 3.12. The van der Waals surface area contributed by atoms with Crippen LogP contribution in [0.1, 0.15) is 6.42 Å². The average molecular weight is 469 g/mol. The summed E-state index contributed by atoms with van der Waals surface area (Å²) in [4.78, 5) is 20.3. The Kier molecular flexibility index (Phi) is 8.95. The number of carbonyl (C=O) groups excluding carboxylic acids is 1. The lowest BCUT2D eigenvalue weighted by molar-refractivity contribution is -0.116. The summed E-state index contributed by atoms with van der Waals surface area (Å²) in [5, 5.41) is 23.7. The zero-order valence-corrected chi connectivity index (χ0v) is 18.9. The predicted octanol–water partition coefficient (Wildman–Crippen LogP) is 1.57. The molecule has 0 radical (unpaired) electrons. The molecule has 1 aromatic heterocycles. The fraction of sp³-hybridized carbons (Fsp3) is 0.261. The van der Waals surface area contributed by atoms with E-state index in [1.807, 2.05) is 12.1 Å². The van der Waals surface area contributed by atoms with Crippen molar-refractivity contribution in [3.63, 3.8) is 0 Å². The van der Waals surface area contributed by atoms with Gasteiger partial charge in [-0.2, -0.15) is 4.98 Å². The van der Waals surface area contributed by atoms with Crippen LogP contribution >= 0.6 is 0 Å². The van der Waals surface area contributed by atoms with E-state index in [4.69, 9.17) is 10.8 Å². The summed E-state index contributed by atoms with van der Waals surface area (Å²) in [6, 6.07) is 7.16. The maximum Gasteiger partial charge on any atom is 0.244 e. The molecule has 34 heavy (non-hydrogen) atoms. The van der Waals surface area contributed by atoms with Gasteiger partial charge < -0.3 is 37.4 Å². The molecular weight excluding hydrogens is 439 g/mol. The molecule has 0 fully saturated rings. The van der Waals surface area contributed by atoms with Crippen molar-refractivity contribution in [3.8, 4) is 0 Å². The number of anilines is 4. The molecular formula is C23H29FN8O2. The highest BCUT2D eigenvalue weighted by atomic mass is 19.1. The number of aromatic nitrogens is 2. The summed E-state index contributed by atoms with van der Waals surface area (Å²) in [6.45, 7) is 1.56. The van der Waals surface area contributed by atoms with Crippen LogP contribution in [0.25, 0.3) is 0 Å². The Morgan fingerprint density at radius 1 is 1.24 bits per heavy atom. The van der Waals surface area contributed by atoms with Crippen LogP contribution in [-0.4, -0.2) is 54.3 Å². The molecule has 0 unspecified atom stereocenters. The van der Waals surface area contributed by atoms with Gasteiger partial charge in [-0.3, -0.25) is 4.79 Å². The number of nitrogens with zero attached hydrogens (tertiary/aromatic N) is 2. The molecule has 10 nitrogen and oxygen atoms in total. The fourth-order valence-electron chi connectivity index (χ4n) is 3.12. The first-order valence-corrected chi connectivity index (χ1v) is 10.8. The van der Waals surface area contributed by atoms with Gasteiger partial charge in [-0.1, -0.05) is 12.1 Å². The molecule has 8 N–H and O–H groups in total. The molecule has 0 atom stereocenters. The number of allylic oxidation sites excluding steroid dienone is 3. The van der Waals surface area contributed by atoms with E-state index >= 15 is 0 Å². The summed E-state index contributed by atoms with van der Waals surface area (Å²) in [7, 11) is 1.81. The average Bonchev–Trinajstić information content (AvgIpc) is 2.83. The maximum atomic E-state index is 14.4. The second-order valence-electron chi connectivity index (χ2n) is 7.37. The molecule has 0 aliphatic heterocycles. The third-order valence-corrected chi connectivity index (χ3v) is 4.79. The number of amides is 1. The van der Waals surface area contributed by atoms with Gasteiger partial charge in [0.2, 0.25) is 11.9 Å². The van der Waals surface area contributed by atoms with Crippen molar-refractivity contribution >= 4 is 29.0 Å². The molecule has 0 saturated heterocycles. The number of hydrogen-bond acceptors (Lipinski definition) is 9. The number of halogens is 1. The van der Waals surface area contributed by atoms with Crippen LogP contribution in [0.4, 0.5) is 27.5 Å². The number of likely N-dealkylation sites (N-methyl/N-ethyl adjacent to an activating group) is 1. The number of carbonyl (C=O) groups is 1. The first-order valence-electron chi connectivity index (χ1n) is 10.8. The van der Waals surface area contributed by atoms with Gasteiger partial charge in [-0.05, 0) is 43.3 Å². The van der Waals surface area contributed by atoms with Crippen molar-refractivity contribution in [2.75, 3.05) is 49.2 Å². The van der Waals surface area contributed by atoms with Crippen molar-refractivity contribution in [1.82, 2.24) is 20.6 Å². The van der Waals surface area contributed by atoms with Gasteiger partial charge in [0.05, 0.1) is 24.2 Å². The minimum atomic E-state index is -0.626. The largest absolute Gasteiger partial charge is 0.397 e. The smallest absolute Gasteiger partial charge is 0.244 e. The van der Waals surface area contributed by atoms with E-state index in [0.29, 0.717) is 48.7 Å². The van der Waals surface area contributed by atoms with Gasteiger partial charge in [0, 0.05) is 37.1 Å². The summed E-state index contributed by atoms with van der Waals surface area (Å²) in [5.74, 6) is -0.737. The van der Waals surface area contributed by atoms with Crippen molar-refractivity contribution in [2.24, 2.45) is 5.73 Å². The van der Waals surface area contributed by atoms with Crippen LogP contribution in [-0.2, 0) is 4.79 Å². The zero-order valence-electron chi connectivity index (χ0n) is 18.9. The number of nitrogens with one attached hydrogen (secondary N) is 5. The first-order chi connectivity index (χ1) is 16.5. The van der Waals surface area contributed by atoms with E-state index in [9.17, 15) is 9.18 Å². The van der Waals surface area contributed by atoms with E-state index in [-0.39, 0.29) is 24.3 Å². The molecule has 1 heterocycles. The molecule has 11 heteroatoms. The Bertz CT molecular complexity index is 1100. The normalized spacial score (nSPS) is 14.3. The highest BCUT2D eigenvalue weighted by molar-refractivity contribution is 5.89. The minimum absolute atomic E-state index is 0.00142. The Balaban J connectivity index is 1.74. The number of aliphatic hydroxyl groups is 1. The Hall–Kier alpha value is -3.96. The van der Waals surface area contributed by atoms with Crippen LogP contribution in [0.2, 0.25) is 0 Å². The summed E-state index contributed by atoms with van der Waals surface area (Å²) in [6.07, 6.45) is 6.65. The highest BCUT2D eigenvalue weighted by Gasteiger charge is 2.15. The van der Waals surface area contributed by atoms with Crippen LogP contribution < -0.4 is 32.3 Å². The van der Waals surface area contributed by atoms with Gasteiger partial charge in [-0.25, -0.2) is 9.37 Å². The summed E-state index contributed by atoms with van der Waals surface area (Å²) >= 11 is 0. The molecule has 1 amide bonds. The summed E-state index contributed by atoms with van der Waals surface area (Å²) < 4.78 is 14.4. The zero-order chi connectivity index (χ0) is 24.3. The number of benzene rings is 1. The lowest BCUT2D eigenvalue weighted by Crippen LogP contribution is -2.29. The van der Waals surface area contributed by atoms with Crippen LogP contribution in [0.15, 0.2) is 65.7 Å². The Morgan fingerprint density at radius 3 is 2.85 bits per heavy atom. The molecule has 180 valence electrons. The van der Waals surface area contributed by atoms with Crippen molar-refractivity contribution in [2.45, 2.75) is 6.42 Å².